The summed E-state index contributed by atoms with van der Waals surface area (Å²) in [6.45, 7) is 10.1. The SMILES string of the molecule is CCC[C@@H](C1SCCS1)[C@@H]1OC(C)(C)O[C@H](COC(C)=O)[C@H]1C. The zero-order chi connectivity index (χ0) is 17.0. The van der Waals surface area contributed by atoms with Gasteiger partial charge in [0.1, 0.15) is 12.7 Å². The maximum Gasteiger partial charge on any atom is 0.302 e. The fraction of sp³-hybridized carbons (Fsp3) is 0.941. The van der Waals surface area contributed by atoms with Gasteiger partial charge in [-0.15, -0.1) is 23.5 Å². The summed E-state index contributed by atoms with van der Waals surface area (Å²) < 4.78 is 18.2. The van der Waals surface area contributed by atoms with Gasteiger partial charge in [-0.25, -0.2) is 0 Å². The van der Waals surface area contributed by atoms with E-state index in [0.717, 1.165) is 12.8 Å². The van der Waals surface area contributed by atoms with Crippen LogP contribution in [0.4, 0.5) is 0 Å². The third kappa shape index (κ3) is 5.28. The molecule has 0 aromatic rings. The topological polar surface area (TPSA) is 44.8 Å². The zero-order valence-electron chi connectivity index (χ0n) is 14.9. The number of thioether (sulfide) groups is 2. The fourth-order valence-electron chi connectivity index (χ4n) is 3.42. The Morgan fingerprint density at radius 3 is 2.52 bits per heavy atom. The molecule has 2 saturated heterocycles. The predicted octanol–water partition coefficient (Wildman–Crippen LogP) is 3.93. The zero-order valence-corrected chi connectivity index (χ0v) is 16.5. The summed E-state index contributed by atoms with van der Waals surface area (Å²) >= 11 is 4.13. The third-order valence-electron chi connectivity index (χ3n) is 4.45. The van der Waals surface area contributed by atoms with E-state index in [0.29, 0.717) is 17.1 Å². The van der Waals surface area contributed by atoms with Crippen molar-refractivity contribution in [3.63, 3.8) is 0 Å². The third-order valence-corrected chi connectivity index (χ3v) is 7.76. The molecule has 0 bridgehead atoms. The van der Waals surface area contributed by atoms with E-state index in [2.05, 4.69) is 37.4 Å². The van der Waals surface area contributed by atoms with Gasteiger partial charge in [0.15, 0.2) is 5.79 Å². The van der Waals surface area contributed by atoms with Gasteiger partial charge in [0.25, 0.3) is 0 Å². The van der Waals surface area contributed by atoms with E-state index >= 15 is 0 Å². The van der Waals surface area contributed by atoms with E-state index in [-0.39, 0.29) is 24.1 Å². The lowest BCUT2D eigenvalue weighted by Gasteiger charge is -2.48. The Balaban J connectivity index is 2.13. The molecule has 0 spiro atoms. The molecule has 6 heteroatoms. The lowest BCUT2D eigenvalue weighted by molar-refractivity contribution is -0.331. The predicted molar refractivity (Wildman–Crippen MR) is 96.7 cm³/mol. The second-order valence-electron chi connectivity index (χ2n) is 6.86. The molecule has 2 heterocycles. The first kappa shape index (κ1) is 19.4. The second-order valence-corrected chi connectivity index (χ2v) is 9.66. The first-order valence-corrected chi connectivity index (χ1v) is 10.7. The van der Waals surface area contributed by atoms with Crippen LogP contribution < -0.4 is 0 Å². The Labute approximate surface area is 148 Å². The van der Waals surface area contributed by atoms with Gasteiger partial charge in [0, 0.05) is 30.3 Å². The van der Waals surface area contributed by atoms with Crippen LogP contribution in [0.3, 0.4) is 0 Å². The van der Waals surface area contributed by atoms with Crippen molar-refractivity contribution in [2.45, 2.75) is 70.0 Å². The monoisotopic (exact) mass is 362 g/mol. The maximum atomic E-state index is 11.2. The van der Waals surface area contributed by atoms with Crippen LogP contribution in [0.15, 0.2) is 0 Å². The van der Waals surface area contributed by atoms with E-state index in [1.165, 1.54) is 18.4 Å². The Bertz CT molecular complexity index is 396. The van der Waals surface area contributed by atoms with Crippen molar-refractivity contribution in [3.05, 3.63) is 0 Å². The normalized spacial score (nSPS) is 32.7. The molecule has 0 aliphatic carbocycles. The minimum absolute atomic E-state index is 0.108. The number of ether oxygens (including phenoxy) is 3. The lowest BCUT2D eigenvalue weighted by atomic mass is 9.85. The number of hydrogen-bond donors (Lipinski definition) is 0. The van der Waals surface area contributed by atoms with Gasteiger partial charge in [-0.2, -0.15) is 0 Å². The molecular weight excluding hydrogens is 332 g/mol. The van der Waals surface area contributed by atoms with E-state index in [1.807, 2.05) is 13.8 Å². The molecule has 0 saturated carbocycles. The molecule has 0 aromatic heterocycles. The van der Waals surface area contributed by atoms with Crippen molar-refractivity contribution in [1.29, 1.82) is 0 Å². The highest BCUT2D eigenvalue weighted by Gasteiger charge is 2.46. The average Bonchev–Trinajstić information content (AvgIpc) is 2.99. The van der Waals surface area contributed by atoms with Crippen molar-refractivity contribution in [1.82, 2.24) is 0 Å². The molecule has 2 rings (SSSR count). The van der Waals surface area contributed by atoms with E-state index in [1.54, 1.807) is 0 Å². The number of carbonyl (C=O) groups excluding carboxylic acids is 1. The molecule has 2 aliphatic heterocycles. The number of esters is 1. The Morgan fingerprint density at radius 2 is 1.96 bits per heavy atom. The summed E-state index contributed by atoms with van der Waals surface area (Å²) in [5.41, 5.74) is 0. The Kier molecular flexibility index (Phi) is 7.14. The van der Waals surface area contributed by atoms with Crippen LogP contribution in [0, 0.1) is 11.8 Å². The number of hydrogen-bond acceptors (Lipinski definition) is 6. The van der Waals surface area contributed by atoms with E-state index in [9.17, 15) is 4.79 Å². The van der Waals surface area contributed by atoms with Crippen LogP contribution >= 0.6 is 23.5 Å². The first-order chi connectivity index (χ1) is 10.8. The summed E-state index contributed by atoms with van der Waals surface area (Å²) in [6, 6.07) is 0. The van der Waals surface area contributed by atoms with Crippen LogP contribution in [-0.4, -0.2) is 46.7 Å². The van der Waals surface area contributed by atoms with Gasteiger partial charge in [-0.1, -0.05) is 20.3 Å². The highest BCUT2D eigenvalue weighted by atomic mass is 32.2. The van der Waals surface area contributed by atoms with Crippen molar-refractivity contribution in [3.8, 4) is 0 Å². The lowest BCUT2D eigenvalue weighted by Crippen LogP contribution is -2.55. The summed E-state index contributed by atoms with van der Waals surface area (Å²) in [4.78, 5) is 11.2. The van der Waals surface area contributed by atoms with Gasteiger partial charge in [0.2, 0.25) is 0 Å². The summed E-state index contributed by atoms with van der Waals surface area (Å²) in [5.74, 6) is 2.29. The van der Waals surface area contributed by atoms with Gasteiger partial charge in [-0.3, -0.25) is 4.79 Å². The van der Waals surface area contributed by atoms with Crippen molar-refractivity contribution >= 4 is 29.5 Å². The Hall–Kier alpha value is 0.0900. The molecule has 0 amide bonds. The smallest absolute Gasteiger partial charge is 0.302 e. The molecule has 0 unspecified atom stereocenters. The molecule has 2 fully saturated rings. The largest absolute Gasteiger partial charge is 0.463 e. The van der Waals surface area contributed by atoms with Crippen molar-refractivity contribution in [2.24, 2.45) is 11.8 Å². The summed E-state index contributed by atoms with van der Waals surface area (Å²) in [6.07, 6.45) is 2.35. The summed E-state index contributed by atoms with van der Waals surface area (Å²) in [5, 5.41) is 0. The van der Waals surface area contributed by atoms with E-state index in [4.69, 9.17) is 14.2 Å². The van der Waals surface area contributed by atoms with Crippen molar-refractivity contribution in [2.75, 3.05) is 18.1 Å². The van der Waals surface area contributed by atoms with Crippen LogP contribution in [0.2, 0.25) is 0 Å². The average molecular weight is 363 g/mol. The molecule has 134 valence electrons. The van der Waals surface area contributed by atoms with Gasteiger partial charge >= 0.3 is 5.97 Å². The maximum absolute atomic E-state index is 11.2. The first-order valence-electron chi connectivity index (χ1n) is 8.56. The van der Waals surface area contributed by atoms with Crippen molar-refractivity contribution < 1.29 is 19.0 Å². The standard InChI is InChI=1S/C17H30O4S2/c1-6-7-13(16-22-8-9-23-16)15-11(2)14(10-19-12(3)18)20-17(4,5)21-15/h11,13-16H,6-10H2,1-5H3/t11-,13-,14-,15-/m1/s1. The highest BCUT2D eigenvalue weighted by Crippen LogP contribution is 2.45. The van der Waals surface area contributed by atoms with E-state index < -0.39 is 5.79 Å². The molecule has 0 radical (unpaired) electrons. The minimum atomic E-state index is -0.637. The number of rotatable bonds is 6. The van der Waals surface area contributed by atoms with Crippen LogP contribution in [0.5, 0.6) is 0 Å². The molecule has 0 N–H and O–H groups in total. The quantitative estimate of drug-likeness (QED) is 0.667. The Morgan fingerprint density at radius 1 is 1.30 bits per heavy atom. The molecule has 0 aromatic carbocycles. The van der Waals surface area contributed by atoms with Crippen LogP contribution in [0.25, 0.3) is 0 Å². The van der Waals surface area contributed by atoms with Crippen LogP contribution in [-0.2, 0) is 19.0 Å². The fourth-order valence-corrected chi connectivity index (χ4v) is 6.69. The number of carbonyl (C=O) groups is 1. The second kappa shape index (κ2) is 8.45. The molecule has 23 heavy (non-hydrogen) atoms. The molecular formula is C17H30O4S2. The highest BCUT2D eigenvalue weighted by molar-refractivity contribution is 8.20. The molecule has 4 atom stereocenters. The van der Waals surface area contributed by atoms with Gasteiger partial charge in [-0.05, 0) is 20.3 Å². The van der Waals surface area contributed by atoms with Gasteiger partial charge in [0.05, 0.1) is 10.7 Å². The summed E-state index contributed by atoms with van der Waals surface area (Å²) in [7, 11) is 0. The molecule has 4 nitrogen and oxygen atoms in total. The molecule has 2 aliphatic rings. The minimum Gasteiger partial charge on any atom is -0.463 e. The van der Waals surface area contributed by atoms with Gasteiger partial charge < -0.3 is 14.2 Å². The van der Waals surface area contributed by atoms with Crippen LogP contribution in [0.1, 0.15) is 47.5 Å².